The van der Waals surface area contributed by atoms with Crippen LogP contribution in [0.4, 0.5) is 11.4 Å². The number of amides is 1. The van der Waals surface area contributed by atoms with Gasteiger partial charge in [-0.05, 0) is 24.3 Å². The van der Waals surface area contributed by atoms with Crippen LogP contribution in [0.15, 0.2) is 24.3 Å². The summed E-state index contributed by atoms with van der Waals surface area (Å²) in [6.07, 6.45) is 0. The molecule has 0 saturated heterocycles. The van der Waals surface area contributed by atoms with E-state index in [0.29, 0.717) is 6.54 Å². The molecule has 15 heavy (non-hydrogen) atoms. The Labute approximate surface area is 93.8 Å². The molecule has 1 aromatic rings. The first-order valence-electron chi connectivity index (χ1n) is 4.66. The maximum Gasteiger partial charge on any atom is 0.216 e. The third-order valence-electron chi connectivity index (χ3n) is 1.68. The fraction of sp³-hybridized carbons (Fsp3) is 0.300. The number of hydrogen-bond donors (Lipinski definition) is 3. The van der Waals surface area contributed by atoms with Gasteiger partial charge >= 0.3 is 0 Å². The number of carbonyl (C=O) groups is 1. The minimum absolute atomic E-state index is 0.00286. The number of carbonyl (C=O) groups excluding carboxylic acids is 1. The normalized spacial score (nSPS) is 9.67. The monoisotopic (exact) mass is 225 g/mol. The fourth-order valence-corrected chi connectivity index (χ4v) is 1.57. The highest BCUT2D eigenvalue weighted by molar-refractivity contribution is 8.00. The van der Waals surface area contributed by atoms with E-state index >= 15 is 0 Å². The first-order valence-corrected chi connectivity index (χ1v) is 5.65. The maximum atomic E-state index is 10.6. The van der Waals surface area contributed by atoms with Crippen LogP contribution in [0.5, 0.6) is 0 Å². The van der Waals surface area contributed by atoms with E-state index in [-0.39, 0.29) is 5.91 Å². The van der Waals surface area contributed by atoms with Gasteiger partial charge in [0.25, 0.3) is 0 Å². The van der Waals surface area contributed by atoms with Gasteiger partial charge in [0.05, 0.1) is 0 Å². The minimum Gasteiger partial charge on any atom is -0.399 e. The molecule has 0 bridgehead atoms. The topological polar surface area (TPSA) is 67.2 Å². The number of benzene rings is 1. The van der Waals surface area contributed by atoms with E-state index in [0.717, 1.165) is 17.1 Å². The Kier molecular flexibility index (Phi) is 4.83. The van der Waals surface area contributed by atoms with Crippen molar-refractivity contribution in [2.75, 3.05) is 22.8 Å². The van der Waals surface area contributed by atoms with Gasteiger partial charge in [-0.3, -0.25) is 4.79 Å². The Hall–Kier alpha value is -1.36. The SMILES string of the molecule is CC(=O)NCCSNc1ccc(N)cc1. The van der Waals surface area contributed by atoms with Crippen molar-refractivity contribution >= 4 is 29.2 Å². The molecule has 4 nitrogen and oxygen atoms in total. The van der Waals surface area contributed by atoms with E-state index in [4.69, 9.17) is 5.73 Å². The Morgan fingerprint density at radius 3 is 2.67 bits per heavy atom. The van der Waals surface area contributed by atoms with Crippen LogP contribution in [0.2, 0.25) is 0 Å². The summed E-state index contributed by atoms with van der Waals surface area (Å²) in [5, 5.41) is 2.72. The number of anilines is 2. The van der Waals surface area contributed by atoms with Gasteiger partial charge in [-0.15, -0.1) is 0 Å². The van der Waals surface area contributed by atoms with Gasteiger partial charge in [0.1, 0.15) is 0 Å². The van der Waals surface area contributed by atoms with Crippen LogP contribution >= 0.6 is 11.9 Å². The van der Waals surface area contributed by atoms with Gasteiger partial charge in [0, 0.05) is 30.6 Å². The standard InChI is InChI=1S/C10H15N3OS/c1-8(14)12-6-7-15-13-10-4-2-9(11)3-5-10/h2-5,13H,6-7,11H2,1H3,(H,12,14). The number of hydrogen-bond acceptors (Lipinski definition) is 4. The molecule has 0 unspecified atom stereocenters. The van der Waals surface area contributed by atoms with E-state index in [2.05, 4.69) is 10.0 Å². The molecular formula is C10H15N3OS. The third kappa shape index (κ3) is 5.17. The highest BCUT2D eigenvalue weighted by Gasteiger charge is 1.93. The Balaban J connectivity index is 2.15. The quantitative estimate of drug-likeness (QED) is 0.403. The summed E-state index contributed by atoms with van der Waals surface area (Å²) >= 11 is 1.55. The van der Waals surface area contributed by atoms with E-state index in [1.54, 1.807) is 11.9 Å². The molecule has 1 aromatic carbocycles. The van der Waals surface area contributed by atoms with E-state index in [1.165, 1.54) is 6.92 Å². The molecule has 0 aliphatic heterocycles. The molecular weight excluding hydrogens is 210 g/mol. The second-order valence-electron chi connectivity index (χ2n) is 3.06. The highest BCUT2D eigenvalue weighted by Crippen LogP contribution is 2.14. The van der Waals surface area contributed by atoms with Crippen molar-refractivity contribution in [3.63, 3.8) is 0 Å². The smallest absolute Gasteiger partial charge is 0.216 e. The molecule has 1 amide bonds. The zero-order valence-electron chi connectivity index (χ0n) is 8.62. The van der Waals surface area contributed by atoms with Crippen molar-refractivity contribution in [2.45, 2.75) is 6.92 Å². The van der Waals surface area contributed by atoms with Crippen LogP contribution in [0.1, 0.15) is 6.92 Å². The second-order valence-corrected chi connectivity index (χ2v) is 3.96. The van der Waals surface area contributed by atoms with Crippen molar-refractivity contribution in [3.05, 3.63) is 24.3 Å². The van der Waals surface area contributed by atoms with Crippen molar-refractivity contribution < 1.29 is 4.79 Å². The summed E-state index contributed by atoms with van der Waals surface area (Å²) in [7, 11) is 0. The maximum absolute atomic E-state index is 10.6. The van der Waals surface area contributed by atoms with Crippen LogP contribution in [0.25, 0.3) is 0 Å². The second kappa shape index (κ2) is 6.19. The predicted molar refractivity (Wildman–Crippen MR) is 65.6 cm³/mol. The van der Waals surface area contributed by atoms with E-state index in [9.17, 15) is 4.79 Å². The van der Waals surface area contributed by atoms with E-state index < -0.39 is 0 Å². The van der Waals surface area contributed by atoms with Crippen LogP contribution in [0, 0.1) is 0 Å². The Morgan fingerprint density at radius 1 is 1.40 bits per heavy atom. The molecule has 0 aromatic heterocycles. The van der Waals surface area contributed by atoms with Gasteiger partial charge < -0.3 is 15.8 Å². The average Bonchev–Trinajstić information content (AvgIpc) is 2.20. The third-order valence-corrected chi connectivity index (χ3v) is 2.47. The van der Waals surface area contributed by atoms with Crippen molar-refractivity contribution in [3.8, 4) is 0 Å². The lowest BCUT2D eigenvalue weighted by molar-refractivity contribution is -0.118. The minimum atomic E-state index is 0.00286. The lowest BCUT2D eigenvalue weighted by atomic mass is 10.3. The molecule has 0 heterocycles. The van der Waals surface area contributed by atoms with Crippen molar-refractivity contribution in [2.24, 2.45) is 0 Å². The van der Waals surface area contributed by atoms with Gasteiger partial charge in [0.2, 0.25) is 5.91 Å². The summed E-state index contributed by atoms with van der Waals surface area (Å²) in [4.78, 5) is 10.6. The predicted octanol–water partition coefficient (Wildman–Crippen LogP) is 1.47. The Bertz CT molecular complexity index is 313. The molecule has 0 aliphatic rings. The van der Waals surface area contributed by atoms with Gasteiger partial charge in [0.15, 0.2) is 0 Å². The molecule has 0 atom stereocenters. The van der Waals surface area contributed by atoms with Crippen LogP contribution in [-0.4, -0.2) is 18.2 Å². The number of nitrogens with two attached hydrogens (primary N) is 1. The van der Waals surface area contributed by atoms with E-state index in [1.807, 2.05) is 24.3 Å². The summed E-state index contributed by atoms with van der Waals surface area (Å²) in [6, 6.07) is 7.52. The largest absolute Gasteiger partial charge is 0.399 e. The van der Waals surface area contributed by atoms with Crippen LogP contribution in [-0.2, 0) is 4.79 Å². The molecule has 0 fully saturated rings. The lowest BCUT2D eigenvalue weighted by Crippen LogP contribution is -2.22. The summed E-state index contributed by atoms with van der Waals surface area (Å²) in [5.74, 6) is 0.826. The number of nitrogen functional groups attached to an aromatic ring is 1. The summed E-state index contributed by atoms with van der Waals surface area (Å²) < 4.78 is 3.16. The lowest BCUT2D eigenvalue weighted by Gasteiger charge is -2.05. The molecule has 4 N–H and O–H groups in total. The van der Waals surface area contributed by atoms with Crippen LogP contribution < -0.4 is 15.8 Å². The molecule has 82 valence electrons. The fourth-order valence-electron chi connectivity index (χ4n) is 0.964. The molecule has 0 aliphatic carbocycles. The molecule has 0 saturated carbocycles. The summed E-state index contributed by atoms with van der Waals surface area (Å²) in [5.41, 5.74) is 7.32. The first kappa shape index (κ1) is 11.7. The van der Waals surface area contributed by atoms with Gasteiger partial charge in [-0.2, -0.15) is 0 Å². The average molecular weight is 225 g/mol. The molecule has 0 spiro atoms. The van der Waals surface area contributed by atoms with Gasteiger partial charge in [-0.1, -0.05) is 11.9 Å². The van der Waals surface area contributed by atoms with Crippen molar-refractivity contribution in [1.29, 1.82) is 0 Å². The zero-order valence-corrected chi connectivity index (χ0v) is 9.43. The number of nitrogens with one attached hydrogen (secondary N) is 2. The van der Waals surface area contributed by atoms with Crippen LogP contribution in [0.3, 0.4) is 0 Å². The Morgan fingerprint density at radius 2 is 2.07 bits per heavy atom. The molecule has 0 radical (unpaired) electrons. The zero-order chi connectivity index (χ0) is 11.1. The first-order chi connectivity index (χ1) is 7.18. The summed E-state index contributed by atoms with van der Waals surface area (Å²) in [6.45, 7) is 2.18. The van der Waals surface area contributed by atoms with Crippen molar-refractivity contribution in [1.82, 2.24) is 5.32 Å². The number of rotatable bonds is 5. The molecule has 1 rings (SSSR count). The van der Waals surface area contributed by atoms with Gasteiger partial charge in [-0.25, -0.2) is 0 Å². The molecule has 5 heteroatoms. The highest BCUT2D eigenvalue weighted by atomic mass is 32.2.